The molecule has 0 aromatic heterocycles. The van der Waals surface area contributed by atoms with Crippen molar-refractivity contribution < 1.29 is 9.59 Å². The van der Waals surface area contributed by atoms with E-state index in [-0.39, 0.29) is 5.91 Å². The van der Waals surface area contributed by atoms with Gasteiger partial charge < -0.3 is 10.2 Å². The van der Waals surface area contributed by atoms with Gasteiger partial charge in [0.1, 0.15) is 6.04 Å². The third-order valence-corrected chi connectivity index (χ3v) is 5.07. The molecule has 0 aromatic rings. The normalized spacial score (nSPS) is 23.8. The van der Waals surface area contributed by atoms with E-state index in [1.165, 1.54) is 16.7 Å². The number of halogens is 3. The number of hydrogen-bond acceptors (Lipinski definition) is 3. The van der Waals surface area contributed by atoms with Gasteiger partial charge in [-0.05, 0) is 27.7 Å². The number of hydrogen-bond donors (Lipinski definition) is 1. The maximum absolute atomic E-state index is 12.5. The second-order valence-corrected chi connectivity index (χ2v) is 10.3. The first-order valence-electron chi connectivity index (χ1n) is 6.34. The minimum Gasteiger partial charge on any atom is -0.351 e. The summed E-state index contributed by atoms with van der Waals surface area (Å²) in [5.41, 5.74) is 0. The van der Waals surface area contributed by atoms with E-state index in [9.17, 15) is 9.59 Å². The summed E-state index contributed by atoms with van der Waals surface area (Å²) in [5, 5.41) is 2.71. The van der Waals surface area contributed by atoms with E-state index in [4.69, 9.17) is 34.8 Å². The highest BCUT2D eigenvalue weighted by molar-refractivity contribution is 8.02. The monoisotopic (exact) mass is 372 g/mol. The fourth-order valence-corrected chi connectivity index (χ4v) is 4.74. The Morgan fingerprint density at radius 2 is 1.86 bits per heavy atom. The molecule has 0 aromatic carbocycles. The predicted molar refractivity (Wildman–Crippen MR) is 89.9 cm³/mol. The van der Waals surface area contributed by atoms with Crippen molar-refractivity contribution in [3.63, 3.8) is 0 Å². The van der Waals surface area contributed by atoms with E-state index in [1.807, 2.05) is 27.7 Å². The zero-order valence-electron chi connectivity index (χ0n) is 12.4. The summed E-state index contributed by atoms with van der Waals surface area (Å²) < 4.78 is -2.62. The van der Waals surface area contributed by atoms with E-state index < -0.39 is 25.4 Å². The Kier molecular flexibility index (Phi) is 5.58. The molecule has 2 amide bonds. The molecule has 1 N–H and O–H groups in total. The van der Waals surface area contributed by atoms with Crippen LogP contribution in [0.25, 0.3) is 0 Å². The molecule has 0 aliphatic carbocycles. The Hall–Kier alpha value is -0.100. The largest absolute Gasteiger partial charge is 0.351 e. The van der Waals surface area contributed by atoms with E-state index in [1.54, 1.807) is 6.08 Å². The fraction of sp³-hybridized carbons (Fsp3) is 0.692. The molecule has 1 fully saturated rings. The molecule has 1 rings (SSSR count). The molecule has 1 aliphatic rings. The van der Waals surface area contributed by atoms with Crippen molar-refractivity contribution in [2.45, 2.75) is 47.1 Å². The number of nitrogens with one attached hydrogen (secondary N) is 1. The average molecular weight is 374 g/mol. The third-order valence-electron chi connectivity index (χ3n) is 3.14. The van der Waals surface area contributed by atoms with Gasteiger partial charge in [0.2, 0.25) is 5.91 Å². The van der Waals surface area contributed by atoms with Crippen LogP contribution in [0.4, 0.5) is 0 Å². The molecule has 0 radical (unpaired) electrons. The molecule has 0 bridgehead atoms. The van der Waals surface area contributed by atoms with Gasteiger partial charge in [0.15, 0.2) is 0 Å². The van der Waals surface area contributed by atoms with Gasteiger partial charge in [0.05, 0.1) is 4.87 Å². The van der Waals surface area contributed by atoms with Gasteiger partial charge in [-0.1, -0.05) is 40.9 Å². The summed E-state index contributed by atoms with van der Waals surface area (Å²) in [6.45, 7) is 11.3. The lowest BCUT2D eigenvalue weighted by molar-refractivity contribution is -0.142. The standard InChI is InChI=1S/C13H19Cl3N2O2S/c1-6-7-17-9(19)8-11(2,3)21-12(4,5)18(8)10(20)13(14,15)16/h6,8H,1,7H2,2-5H3,(H,17,19). The topological polar surface area (TPSA) is 49.4 Å². The molecule has 1 unspecified atom stereocenters. The van der Waals surface area contributed by atoms with Gasteiger partial charge >= 0.3 is 0 Å². The van der Waals surface area contributed by atoms with E-state index in [0.717, 1.165) is 0 Å². The fourth-order valence-electron chi connectivity index (χ4n) is 2.57. The van der Waals surface area contributed by atoms with Crippen molar-refractivity contribution in [2.24, 2.45) is 0 Å². The summed E-state index contributed by atoms with van der Waals surface area (Å²) in [6, 6.07) is -0.736. The predicted octanol–water partition coefficient (Wildman–Crippen LogP) is 3.12. The van der Waals surface area contributed by atoms with Crippen LogP contribution in [0, 0.1) is 0 Å². The second kappa shape index (κ2) is 6.19. The summed E-state index contributed by atoms with van der Waals surface area (Å²) in [4.78, 5) is 25.6. The molecule has 120 valence electrons. The number of rotatable bonds is 3. The minimum atomic E-state index is -2.10. The zero-order valence-corrected chi connectivity index (χ0v) is 15.5. The zero-order chi connectivity index (χ0) is 16.6. The number of thioether (sulfide) groups is 1. The van der Waals surface area contributed by atoms with Crippen LogP contribution < -0.4 is 5.32 Å². The average Bonchev–Trinajstić information content (AvgIpc) is 2.48. The minimum absolute atomic E-state index is 0.291. The van der Waals surface area contributed by atoms with Crippen LogP contribution in [-0.4, -0.2) is 42.7 Å². The van der Waals surface area contributed by atoms with Crippen LogP contribution >= 0.6 is 46.6 Å². The molecule has 21 heavy (non-hydrogen) atoms. The van der Waals surface area contributed by atoms with Crippen LogP contribution in [0.5, 0.6) is 0 Å². The van der Waals surface area contributed by atoms with Gasteiger partial charge in [-0.3, -0.25) is 9.59 Å². The Morgan fingerprint density at radius 1 is 1.33 bits per heavy atom. The maximum atomic E-state index is 12.5. The van der Waals surface area contributed by atoms with Crippen molar-refractivity contribution >= 4 is 58.4 Å². The highest BCUT2D eigenvalue weighted by Crippen LogP contribution is 2.52. The van der Waals surface area contributed by atoms with Gasteiger partial charge in [-0.25, -0.2) is 0 Å². The lowest BCUT2D eigenvalue weighted by Gasteiger charge is -2.36. The molecule has 0 spiro atoms. The van der Waals surface area contributed by atoms with Crippen molar-refractivity contribution in [1.82, 2.24) is 10.2 Å². The second-order valence-electron chi connectivity index (χ2n) is 5.76. The first-order valence-corrected chi connectivity index (χ1v) is 8.29. The maximum Gasteiger partial charge on any atom is 0.276 e. The summed E-state index contributed by atoms with van der Waals surface area (Å²) in [5.74, 6) is -0.991. The number of alkyl halides is 3. The van der Waals surface area contributed by atoms with Gasteiger partial charge in [-0.2, -0.15) is 0 Å². The summed E-state index contributed by atoms with van der Waals surface area (Å²) in [6.07, 6.45) is 1.57. The van der Waals surface area contributed by atoms with Crippen LogP contribution in [0.15, 0.2) is 12.7 Å². The number of nitrogens with zero attached hydrogens (tertiary/aromatic N) is 1. The lowest BCUT2D eigenvalue weighted by Crippen LogP contribution is -2.58. The van der Waals surface area contributed by atoms with Crippen LogP contribution in [-0.2, 0) is 9.59 Å². The van der Waals surface area contributed by atoms with Crippen LogP contribution in [0.1, 0.15) is 27.7 Å². The van der Waals surface area contributed by atoms with Gasteiger partial charge in [-0.15, -0.1) is 18.3 Å². The number of amides is 2. The van der Waals surface area contributed by atoms with Crippen LogP contribution in [0.3, 0.4) is 0 Å². The van der Waals surface area contributed by atoms with E-state index in [0.29, 0.717) is 6.54 Å². The molecule has 1 atom stereocenters. The molecular weight excluding hydrogens is 355 g/mol. The highest BCUT2D eigenvalue weighted by Gasteiger charge is 2.59. The first kappa shape index (κ1) is 18.9. The van der Waals surface area contributed by atoms with E-state index in [2.05, 4.69) is 11.9 Å². The Labute approximate surface area is 144 Å². The molecule has 1 saturated heterocycles. The van der Waals surface area contributed by atoms with E-state index >= 15 is 0 Å². The Bertz CT molecular complexity index is 461. The first-order chi connectivity index (χ1) is 9.34. The number of carbonyl (C=O) groups excluding carboxylic acids is 2. The molecular formula is C13H19Cl3N2O2S. The number of carbonyl (C=O) groups is 2. The van der Waals surface area contributed by atoms with Gasteiger partial charge in [0.25, 0.3) is 9.70 Å². The smallest absolute Gasteiger partial charge is 0.276 e. The SMILES string of the molecule is C=CCNC(=O)C1N(C(=O)C(Cl)(Cl)Cl)C(C)(C)SC1(C)C. The van der Waals surface area contributed by atoms with Crippen molar-refractivity contribution in [1.29, 1.82) is 0 Å². The molecule has 1 aliphatic heterocycles. The van der Waals surface area contributed by atoms with Gasteiger partial charge in [0, 0.05) is 11.3 Å². The highest BCUT2D eigenvalue weighted by atomic mass is 35.6. The Balaban J connectivity index is 3.23. The van der Waals surface area contributed by atoms with Crippen molar-refractivity contribution in [2.75, 3.05) is 6.54 Å². The quantitative estimate of drug-likeness (QED) is 0.611. The molecule has 1 heterocycles. The van der Waals surface area contributed by atoms with Crippen molar-refractivity contribution in [3.05, 3.63) is 12.7 Å². The lowest BCUT2D eigenvalue weighted by atomic mass is 9.99. The third kappa shape index (κ3) is 4.01. The molecule has 0 saturated carbocycles. The molecule has 8 heteroatoms. The Morgan fingerprint density at radius 3 is 2.29 bits per heavy atom. The summed E-state index contributed by atoms with van der Waals surface area (Å²) in [7, 11) is 0. The van der Waals surface area contributed by atoms with Crippen molar-refractivity contribution in [3.8, 4) is 0 Å². The van der Waals surface area contributed by atoms with Crippen LogP contribution in [0.2, 0.25) is 0 Å². The summed E-state index contributed by atoms with van der Waals surface area (Å²) >= 11 is 18.7. The molecule has 4 nitrogen and oxygen atoms in total.